The minimum absolute atomic E-state index is 0. The van der Waals surface area contributed by atoms with Crippen LogP contribution >= 0.6 is 0 Å². The summed E-state index contributed by atoms with van der Waals surface area (Å²) in [6, 6.07) is 2.25. The maximum atomic E-state index is 11.0. The Morgan fingerprint density at radius 2 is 1.08 bits per heavy atom. The average Bonchev–Trinajstić information content (AvgIpc) is 2.35. The molecule has 25 heavy (non-hydrogen) atoms. The Morgan fingerprint density at radius 1 is 0.800 bits per heavy atom. The molecular formula is C16H14O8Zn. The third-order valence-electron chi connectivity index (χ3n) is 2.78. The second kappa shape index (κ2) is 9.08. The number of carbonyl (C=O) groups excluding carboxylic acids is 2. The average molecular weight is 400 g/mol. The van der Waals surface area contributed by atoms with Gasteiger partial charge >= 0.3 is 30.7 Å². The number of Topliss-reactive ketones (excluding diaryl/α,β-unsaturated/α-hetero) is 2. The zero-order valence-electron chi connectivity index (χ0n) is 14.1. The van der Waals surface area contributed by atoms with Gasteiger partial charge in [0.15, 0.2) is 11.6 Å². The molecule has 2 rings (SSSR count). The Bertz CT molecular complexity index is 832. The Hall–Kier alpha value is -2.54. The largest absolute Gasteiger partial charge is 2.00 e. The summed E-state index contributed by atoms with van der Waals surface area (Å²) in [5.41, 5.74) is -2.51. The monoisotopic (exact) mass is 398 g/mol. The van der Waals surface area contributed by atoms with Gasteiger partial charge < -0.3 is 19.0 Å². The smallest absolute Gasteiger partial charge is 0.872 e. The fourth-order valence-electron chi connectivity index (χ4n) is 1.80. The predicted octanol–water partition coefficient (Wildman–Crippen LogP) is 0.446. The van der Waals surface area contributed by atoms with E-state index in [1.54, 1.807) is 0 Å². The van der Waals surface area contributed by atoms with Gasteiger partial charge in [-0.3, -0.25) is 9.59 Å². The number of hydrogen-bond acceptors (Lipinski definition) is 8. The molecular weight excluding hydrogens is 386 g/mol. The fraction of sp³-hybridized carbons (Fsp3) is 0.250. The van der Waals surface area contributed by atoms with E-state index in [0.717, 1.165) is 26.0 Å². The van der Waals surface area contributed by atoms with E-state index in [4.69, 9.17) is 0 Å². The van der Waals surface area contributed by atoms with E-state index < -0.39 is 45.4 Å². The molecule has 0 fully saturated rings. The number of hydrogen-bond donors (Lipinski definition) is 0. The minimum atomic E-state index is -0.854. The summed E-state index contributed by atoms with van der Waals surface area (Å²) >= 11 is 0. The third-order valence-corrected chi connectivity index (χ3v) is 2.78. The van der Waals surface area contributed by atoms with Gasteiger partial charge in [-0.25, -0.2) is 9.59 Å². The molecule has 2 aromatic rings. The first-order valence-electron chi connectivity index (χ1n) is 6.70. The molecule has 0 saturated heterocycles. The maximum Gasteiger partial charge on any atom is 2.00 e. The zero-order valence-corrected chi connectivity index (χ0v) is 17.1. The van der Waals surface area contributed by atoms with Crippen molar-refractivity contribution in [3.8, 4) is 11.5 Å². The quantitative estimate of drug-likeness (QED) is 0.523. The van der Waals surface area contributed by atoms with Gasteiger partial charge in [-0.15, -0.1) is 0 Å². The molecule has 0 bridgehead atoms. The van der Waals surface area contributed by atoms with E-state index >= 15 is 0 Å². The number of aryl methyl sites for hydroxylation is 2. The summed E-state index contributed by atoms with van der Waals surface area (Å²) in [6.45, 7) is 5.27. The summed E-state index contributed by atoms with van der Waals surface area (Å²) in [5, 5.41) is 22.0. The van der Waals surface area contributed by atoms with Crippen molar-refractivity contribution in [3.63, 3.8) is 0 Å². The first kappa shape index (κ1) is 22.5. The van der Waals surface area contributed by atoms with Gasteiger partial charge in [-0.2, -0.15) is 0 Å². The van der Waals surface area contributed by atoms with Crippen LogP contribution in [0.2, 0.25) is 0 Å². The van der Waals surface area contributed by atoms with Crippen LogP contribution in [0, 0.1) is 13.8 Å². The Labute approximate surface area is 154 Å². The van der Waals surface area contributed by atoms with Crippen LogP contribution in [0.4, 0.5) is 0 Å². The Balaban J connectivity index is 0.000000443. The molecule has 0 saturated carbocycles. The van der Waals surface area contributed by atoms with E-state index in [1.807, 2.05) is 0 Å². The molecule has 0 aliphatic heterocycles. The molecule has 128 valence electrons. The van der Waals surface area contributed by atoms with Crippen molar-refractivity contribution in [2.45, 2.75) is 27.7 Å². The molecule has 0 unspecified atom stereocenters. The molecule has 2 aromatic heterocycles. The molecule has 8 nitrogen and oxygen atoms in total. The van der Waals surface area contributed by atoms with Crippen LogP contribution in [0.1, 0.15) is 46.1 Å². The summed E-state index contributed by atoms with van der Waals surface area (Å²) in [5.74, 6) is -1.83. The van der Waals surface area contributed by atoms with Crippen LogP contribution in [-0.4, -0.2) is 11.6 Å². The summed E-state index contributed by atoms with van der Waals surface area (Å²) in [4.78, 5) is 43.3. The normalized spacial score (nSPS) is 9.44. The summed E-state index contributed by atoms with van der Waals surface area (Å²) in [7, 11) is 0. The molecule has 0 spiro atoms. The first-order chi connectivity index (χ1) is 11.0. The molecule has 0 aliphatic carbocycles. The molecule has 0 amide bonds. The van der Waals surface area contributed by atoms with Gasteiger partial charge in [0.05, 0.1) is 11.1 Å². The SMILES string of the molecule is CC(=O)c1c([O-])cc(C)oc1=O.CC(=O)c1c([O-])cc(C)oc1=O.[Zn+2]. The van der Waals surface area contributed by atoms with Crippen LogP contribution in [-0.2, 0) is 19.5 Å². The Kier molecular flexibility index (Phi) is 8.16. The second-order valence-electron chi connectivity index (χ2n) is 4.88. The second-order valence-corrected chi connectivity index (χ2v) is 4.88. The summed E-state index contributed by atoms with van der Waals surface area (Å²) < 4.78 is 9.15. The Morgan fingerprint density at radius 3 is 1.28 bits per heavy atom. The van der Waals surface area contributed by atoms with Gasteiger partial charge in [-0.1, -0.05) is 11.5 Å². The van der Waals surface area contributed by atoms with Gasteiger partial charge in [0.25, 0.3) is 0 Å². The molecule has 0 N–H and O–H groups in total. The molecule has 2 heterocycles. The van der Waals surface area contributed by atoms with Crippen molar-refractivity contribution in [1.29, 1.82) is 0 Å². The van der Waals surface area contributed by atoms with Crippen LogP contribution < -0.4 is 21.5 Å². The van der Waals surface area contributed by atoms with Crippen LogP contribution in [0.15, 0.2) is 30.6 Å². The first-order valence-corrected chi connectivity index (χ1v) is 6.70. The van der Waals surface area contributed by atoms with Crippen molar-refractivity contribution in [2.24, 2.45) is 0 Å². The molecule has 0 atom stereocenters. The standard InChI is InChI=1S/2C8H8O4.Zn/c2*1-4-3-6(10)7(5(2)9)8(11)12-4;/h2*3,10H,1-2H3;/q;;+2/p-2. The molecule has 0 aromatic carbocycles. The van der Waals surface area contributed by atoms with E-state index in [2.05, 4.69) is 8.83 Å². The topological polar surface area (TPSA) is 141 Å². The minimum Gasteiger partial charge on any atom is -0.872 e. The molecule has 0 aliphatic rings. The van der Waals surface area contributed by atoms with Crippen LogP contribution in [0.3, 0.4) is 0 Å². The van der Waals surface area contributed by atoms with Gasteiger partial charge in [0.1, 0.15) is 11.5 Å². The number of carbonyl (C=O) groups is 2. The van der Waals surface area contributed by atoms with Gasteiger partial charge in [0, 0.05) is 0 Å². The van der Waals surface area contributed by atoms with Crippen molar-refractivity contribution in [2.75, 3.05) is 0 Å². The van der Waals surface area contributed by atoms with Crippen molar-refractivity contribution >= 4 is 11.6 Å². The maximum absolute atomic E-state index is 11.0. The van der Waals surface area contributed by atoms with Crippen LogP contribution in [0.25, 0.3) is 0 Å². The predicted molar refractivity (Wildman–Crippen MR) is 78.3 cm³/mol. The zero-order chi connectivity index (χ0) is 18.6. The number of rotatable bonds is 2. The molecule has 0 radical (unpaired) electrons. The number of ketones is 2. The fourth-order valence-corrected chi connectivity index (χ4v) is 1.80. The van der Waals surface area contributed by atoms with Crippen molar-refractivity contribution < 1.29 is 48.1 Å². The third kappa shape index (κ3) is 5.79. The van der Waals surface area contributed by atoms with Crippen molar-refractivity contribution in [1.82, 2.24) is 0 Å². The van der Waals surface area contributed by atoms with Gasteiger partial charge in [-0.05, 0) is 39.8 Å². The van der Waals surface area contributed by atoms with Crippen LogP contribution in [0.5, 0.6) is 11.5 Å². The van der Waals surface area contributed by atoms with Gasteiger partial charge in [0.2, 0.25) is 0 Å². The van der Waals surface area contributed by atoms with E-state index in [1.165, 1.54) is 13.8 Å². The van der Waals surface area contributed by atoms with Crippen molar-refractivity contribution in [3.05, 3.63) is 55.6 Å². The summed E-state index contributed by atoms with van der Waals surface area (Å²) in [6.07, 6.45) is 0. The van der Waals surface area contributed by atoms with E-state index in [0.29, 0.717) is 0 Å². The molecule has 9 heteroatoms. The van der Waals surface area contributed by atoms with E-state index in [-0.39, 0.29) is 31.0 Å². The van der Waals surface area contributed by atoms with E-state index in [9.17, 15) is 29.4 Å².